The van der Waals surface area contributed by atoms with Crippen molar-refractivity contribution in [2.24, 2.45) is 0 Å². The number of benzene rings is 2. The van der Waals surface area contributed by atoms with Crippen molar-refractivity contribution in [1.82, 2.24) is 10.2 Å². The second-order valence-electron chi connectivity index (χ2n) is 5.38. The van der Waals surface area contributed by atoms with Crippen molar-refractivity contribution in [3.63, 3.8) is 0 Å². The van der Waals surface area contributed by atoms with Gasteiger partial charge in [-0.1, -0.05) is 17.7 Å². The minimum Gasteiger partial charge on any atom is -0.339 e. The van der Waals surface area contributed by atoms with Crippen molar-refractivity contribution in [2.75, 3.05) is 10.6 Å². The lowest BCUT2D eigenvalue weighted by atomic mass is 10.2. The monoisotopic (exact) mass is 340 g/mol. The predicted octanol–water partition coefficient (Wildman–Crippen LogP) is 4.06. The first-order valence-electron chi connectivity index (χ1n) is 7.45. The maximum atomic E-state index is 13.2. The number of hydrogen-bond donors (Lipinski definition) is 2. The van der Waals surface area contributed by atoms with E-state index in [-0.39, 0.29) is 11.4 Å². The summed E-state index contributed by atoms with van der Waals surface area (Å²) in [6, 6.07) is 13.9. The SMILES string of the molecule is Cc1ccc(Nc2ccc(NC(=O)c3ccc(F)c(F)c3)nn2)cc1. The van der Waals surface area contributed by atoms with Crippen LogP contribution in [0.1, 0.15) is 15.9 Å². The molecular weight excluding hydrogens is 326 g/mol. The molecule has 0 atom stereocenters. The molecule has 2 N–H and O–H groups in total. The molecule has 3 rings (SSSR count). The van der Waals surface area contributed by atoms with E-state index in [0.29, 0.717) is 5.82 Å². The zero-order chi connectivity index (χ0) is 17.8. The van der Waals surface area contributed by atoms with Crippen LogP contribution in [0.5, 0.6) is 0 Å². The molecule has 1 amide bonds. The highest BCUT2D eigenvalue weighted by atomic mass is 19.2. The van der Waals surface area contributed by atoms with Crippen LogP contribution in [-0.4, -0.2) is 16.1 Å². The van der Waals surface area contributed by atoms with Gasteiger partial charge in [0.05, 0.1) is 0 Å². The molecule has 5 nitrogen and oxygen atoms in total. The van der Waals surface area contributed by atoms with Gasteiger partial charge in [-0.15, -0.1) is 10.2 Å². The number of amides is 1. The molecule has 126 valence electrons. The number of rotatable bonds is 4. The second kappa shape index (κ2) is 7.04. The fraction of sp³-hybridized carbons (Fsp3) is 0.0556. The van der Waals surface area contributed by atoms with E-state index in [1.54, 1.807) is 12.1 Å². The summed E-state index contributed by atoms with van der Waals surface area (Å²) >= 11 is 0. The Morgan fingerprint density at radius 2 is 1.56 bits per heavy atom. The maximum Gasteiger partial charge on any atom is 0.256 e. The molecule has 3 aromatic rings. The molecule has 0 aliphatic heterocycles. The molecule has 1 aromatic heterocycles. The number of halogens is 2. The molecular formula is C18H14F2N4O. The first kappa shape index (κ1) is 16.5. The Morgan fingerprint density at radius 1 is 0.880 bits per heavy atom. The molecule has 0 radical (unpaired) electrons. The highest BCUT2D eigenvalue weighted by molar-refractivity contribution is 6.03. The molecule has 0 fully saturated rings. The third-order valence-corrected chi connectivity index (χ3v) is 3.41. The van der Waals surface area contributed by atoms with Gasteiger partial charge in [0.15, 0.2) is 23.3 Å². The Bertz CT molecular complexity index is 896. The standard InChI is InChI=1S/C18H14F2N4O/c1-11-2-5-13(6-3-11)21-16-8-9-17(24-23-16)22-18(25)12-4-7-14(19)15(20)10-12/h2-10H,1H3,(H,21,23)(H,22,24,25). The quantitative estimate of drug-likeness (QED) is 0.752. The Kier molecular flexibility index (Phi) is 4.65. The summed E-state index contributed by atoms with van der Waals surface area (Å²) in [5.41, 5.74) is 1.99. The molecule has 1 heterocycles. The molecule has 0 unspecified atom stereocenters. The smallest absolute Gasteiger partial charge is 0.256 e. The third kappa shape index (κ3) is 4.14. The van der Waals surface area contributed by atoms with Crippen molar-refractivity contribution in [2.45, 2.75) is 6.92 Å². The molecule has 0 aliphatic rings. The zero-order valence-corrected chi connectivity index (χ0v) is 13.3. The molecule has 0 spiro atoms. The van der Waals surface area contributed by atoms with E-state index in [4.69, 9.17) is 0 Å². The predicted molar refractivity (Wildman–Crippen MR) is 90.8 cm³/mol. The Balaban J connectivity index is 1.66. The number of nitrogens with zero attached hydrogens (tertiary/aromatic N) is 2. The van der Waals surface area contributed by atoms with Crippen molar-refractivity contribution in [3.05, 3.63) is 77.4 Å². The van der Waals surface area contributed by atoms with Crippen molar-refractivity contribution >= 4 is 23.2 Å². The van der Waals surface area contributed by atoms with Gasteiger partial charge in [-0.05, 0) is 49.4 Å². The lowest BCUT2D eigenvalue weighted by Gasteiger charge is -2.07. The van der Waals surface area contributed by atoms with Gasteiger partial charge in [0.2, 0.25) is 0 Å². The first-order chi connectivity index (χ1) is 12.0. The van der Waals surface area contributed by atoms with Crippen LogP contribution in [0.3, 0.4) is 0 Å². The fourth-order valence-electron chi connectivity index (χ4n) is 2.08. The van der Waals surface area contributed by atoms with E-state index in [1.807, 2.05) is 31.2 Å². The molecule has 0 aliphatic carbocycles. The molecule has 25 heavy (non-hydrogen) atoms. The minimum atomic E-state index is -1.09. The van der Waals surface area contributed by atoms with E-state index in [2.05, 4.69) is 20.8 Å². The Labute approximate surface area is 142 Å². The second-order valence-corrected chi connectivity index (χ2v) is 5.38. The van der Waals surface area contributed by atoms with E-state index in [0.717, 1.165) is 23.4 Å². The Morgan fingerprint density at radius 3 is 2.20 bits per heavy atom. The van der Waals surface area contributed by atoms with Gasteiger partial charge < -0.3 is 10.6 Å². The van der Waals surface area contributed by atoms with Crippen molar-refractivity contribution in [1.29, 1.82) is 0 Å². The Hall–Kier alpha value is -3.35. The summed E-state index contributed by atoms with van der Waals surface area (Å²) in [6.45, 7) is 1.99. The minimum absolute atomic E-state index is 0.0115. The summed E-state index contributed by atoms with van der Waals surface area (Å²) in [5, 5.41) is 13.4. The molecule has 0 saturated heterocycles. The summed E-state index contributed by atoms with van der Waals surface area (Å²) in [6.07, 6.45) is 0. The first-order valence-corrected chi connectivity index (χ1v) is 7.45. The van der Waals surface area contributed by atoms with Crippen LogP contribution in [0.25, 0.3) is 0 Å². The topological polar surface area (TPSA) is 66.9 Å². The van der Waals surface area contributed by atoms with Gasteiger partial charge in [0.1, 0.15) is 0 Å². The lowest BCUT2D eigenvalue weighted by Crippen LogP contribution is -2.14. The number of aryl methyl sites for hydroxylation is 1. The van der Waals surface area contributed by atoms with E-state index >= 15 is 0 Å². The highest BCUT2D eigenvalue weighted by Gasteiger charge is 2.11. The lowest BCUT2D eigenvalue weighted by molar-refractivity contribution is 0.102. The molecule has 0 saturated carbocycles. The van der Waals surface area contributed by atoms with Crippen LogP contribution >= 0.6 is 0 Å². The number of hydrogen-bond acceptors (Lipinski definition) is 4. The van der Waals surface area contributed by atoms with E-state index < -0.39 is 17.5 Å². The number of anilines is 3. The molecule has 2 aromatic carbocycles. The summed E-state index contributed by atoms with van der Waals surface area (Å²) in [5.74, 6) is -1.99. The van der Waals surface area contributed by atoms with Gasteiger partial charge in [0, 0.05) is 11.3 Å². The van der Waals surface area contributed by atoms with E-state index in [9.17, 15) is 13.6 Å². The average Bonchev–Trinajstić information content (AvgIpc) is 2.61. The van der Waals surface area contributed by atoms with Crippen LogP contribution in [-0.2, 0) is 0 Å². The summed E-state index contributed by atoms with van der Waals surface area (Å²) < 4.78 is 26.1. The maximum absolute atomic E-state index is 13.2. The van der Waals surface area contributed by atoms with E-state index in [1.165, 1.54) is 6.07 Å². The fourth-order valence-corrected chi connectivity index (χ4v) is 2.08. The van der Waals surface area contributed by atoms with Crippen LogP contribution in [0.2, 0.25) is 0 Å². The van der Waals surface area contributed by atoms with Crippen molar-refractivity contribution < 1.29 is 13.6 Å². The van der Waals surface area contributed by atoms with Crippen LogP contribution in [0.4, 0.5) is 26.1 Å². The zero-order valence-electron chi connectivity index (χ0n) is 13.3. The molecule has 0 bridgehead atoms. The van der Waals surface area contributed by atoms with Gasteiger partial charge >= 0.3 is 0 Å². The number of carbonyl (C=O) groups excluding carboxylic acids is 1. The third-order valence-electron chi connectivity index (χ3n) is 3.41. The van der Waals surface area contributed by atoms with Crippen LogP contribution < -0.4 is 10.6 Å². The average molecular weight is 340 g/mol. The van der Waals surface area contributed by atoms with Crippen LogP contribution in [0, 0.1) is 18.6 Å². The highest BCUT2D eigenvalue weighted by Crippen LogP contribution is 2.16. The normalized spacial score (nSPS) is 10.4. The van der Waals surface area contributed by atoms with Gasteiger partial charge in [-0.3, -0.25) is 4.79 Å². The number of aromatic nitrogens is 2. The summed E-state index contributed by atoms with van der Waals surface area (Å²) in [4.78, 5) is 12.0. The van der Waals surface area contributed by atoms with Gasteiger partial charge in [0.25, 0.3) is 5.91 Å². The number of nitrogens with one attached hydrogen (secondary N) is 2. The van der Waals surface area contributed by atoms with Crippen molar-refractivity contribution in [3.8, 4) is 0 Å². The van der Waals surface area contributed by atoms with Gasteiger partial charge in [-0.25, -0.2) is 8.78 Å². The van der Waals surface area contributed by atoms with Crippen LogP contribution in [0.15, 0.2) is 54.6 Å². The molecule has 7 heteroatoms. The largest absolute Gasteiger partial charge is 0.339 e. The number of carbonyl (C=O) groups is 1. The van der Waals surface area contributed by atoms with Gasteiger partial charge in [-0.2, -0.15) is 0 Å². The summed E-state index contributed by atoms with van der Waals surface area (Å²) in [7, 11) is 0.